The molecule has 0 amide bonds. The van der Waals surface area contributed by atoms with E-state index in [0.717, 1.165) is 17.1 Å². The van der Waals surface area contributed by atoms with E-state index >= 15 is 0 Å². The number of ether oxygens (including phenoxy) is 2. The molecule has 0 aromatic heterocycles. The summed E-state index contributed by atoms with van der Waals surface area (Å²) in [6.07, 6.45) is 0. The molecule has 0 unspecified atom stereocenters. The highest BCUT2D eigenvalue weighted by atomic mass is 32.1. The number of hydrogen-bond donors (Lipinski definition) is 2. The third kappa shape index (κ3) is 4.26. The van der Waals surface area contributed by atoms with Crippen molar-refractivity contribution in [3.8, 4) is 11.5 Å². The Morgan fingerprint density at radius 1 is 0.929 bits per heavy atom. The molecule has 0 radical (unpaired) electrons. The van der Waals surface area contributed by atoms with E-state index in [9.17, 15) is 0 Å². The second-order valence-corrected chi connectivity index (χ2v) is 7.18. The molecular weight excluding hydrogens is 368 g/mol. The minimum absolute atomic E-state index is 0.0152. The van der Waals surface area contributed by atoms with Crippen molar-refractivity contribution in [1.82, 2.24) is 10.6 Å². The van der Waals surface area contributed by atoms with Gasteiger partial charge in [-0.1, -0.05) is 66.2 Å². The number of benzene rings is 3. The summed E-state index contributed by atoms with van der Waals surface area (Å²) in [5.41, 5.74) is 4.65. The first-order chi connectivity index (χ1) is 13.7. The number of thiocarbonyl (C=S) groups is 1. The van der Waals surface area contributed by atoms with Gasteiger partial charge in [0.1, 0.15) is 0 Å². The summed E-state index contributed by atoms with van der Waals surface area (Å²) in [7, 11) is 0. The van der Waals surface area contributed by atoms with Crippen molar-refractivity contribution >= 4 is 17.3 Å². The summed E-state index contributed by atoms with van der Waals surface area (Å²) in [5, 5.41) is 7.36. The first-order valence-electron chi connectivity index (χ1n) is 9.23. The lowest BCUT2D eigenvalue weighted by molar-refractivity contribution is 0.174. The van der Waals surface area contributed by atoms with Gasteiger partial charge in [0.2, 0.25) is 6.79 Å². The molecule has 4 rings (SSSR count). The third-order valence-electron chi connectivity index (χ3n) is 4.71. The fourth-order valence-corrected chi connectivity index (χ4v) is 3.37. The first-order valence-corrected chi connectivity index (χ1v) is 9.64. The summed E-state index contributed by atoms with van der Waals surface area (Å²) in [6.45, 7) is 2.98. The Kier molecular flexibility index (Phi) is 5.44. The summed E-state index contributed by atoms with van der Waals surface area (Å²) in [4.78, 5) is 0. The molecule has 0 aliphatic carbocycles. The predicted octanol–water partition coefficient (Wildman–Crippen LogP) is 4.48. The Morgan fingerprint density at radius 2 is 1.64 bits per heavy atom. The van der Waals surface area contributed by atoms with Gasteiger partial charge >= 0.3 is 0 Å². The maximum atomic E-state index is 5.58. The molecular formula is C23H22N2O2S. The van der Waals surface area contributed by atoms with Crippen LogP contribution in [0.15, 0.2) is 72.8 Å². The highest BCUT2D eigenvalue weighted by molar-refractivity contribution is 7.80. The SMILES string of the molecule is Cc1ccc([C@@H](NC(=S)NCc2ccc3c(c2)OCO3)c2ccccc2)cc1. The quantitative estimate of drug-likeness (QED) is 0.629. The third-order valence-corrected chi connectivity index (χ3v) is 4.97. The van der Waals surface area contributed by atoms with E-state index in [0.29, 0.717) is 11.7 Å². The number of hydrogen-bond acceptors (Lipinski definition) is 3. The second kappa shape index (κ2) is 8.31. The van der Waals surface area contributed by atoms with Crippen molar-refractivity contribution in [3.05, 3.63) is 95.1 Å². The minimum atomic E-state index is -0.0152. The lowest BCUT2D eigenvalue weighted by atomic mass is 9.98. The summed E-state index contributed by atoms with van der Waals surface area (Å²) < 4.78 is 10.8. The molecule has 0 saturated heterocycles. The second-order valence-electron chi connectivity index (χ2n) is 6.77. The van der Waals surface area contributed by atoms with E-state index in [2.05, 4.69) is 54.0 Å². The number of rotatable bonds is 5. The van der Waals surface area contributed by atoms with Crippen LogP contribution in [-0.2, 0) is 6.54 Å². The van der Waals surface area contributed by atoms with Crippen molar-refractivity contribution in [3.63, 3.8) is 0 Å². The Labute approximate surface area is 170 Å². The lowest BCUT2D eigenvalue weighted by Gasteiger charge is -2.22. The number of nitrogens with one attached hydrogen (secondary N) is 2. The van der Waals surface area contributed by atoms with Gasteiger partial charge in [-0.15, -0.1) is 0 Å². The van der Waals surface area contributed by atoms with Gasteiger partial charge in [0, 0.05) is 6.54 Å². The van der Waals surface area contributed by atoms with Crippen LogP contribution in [-0.4, -0.2) is 11.9 Å². The molecule has 4 nitrogen and oxygen atoms in total. The van der Waals surface area contributed by atoms with E-state index in [4.69, 9.17) is 21.7 Å². The fourth-order valence-electron chi connectivity index (χ4n) is 3.18. The Balaban J connectivity index is 1.45. The Bertz CT molecular complexity index is 958. The van der Waals surface area contributed by atoms with E-state index < -0.39 is 0 Å². The smallest absolute Gasteiger partial charge is 0.231 e. The van der Waals surface area contributed by atoms with Gasteiger partial charge in [-0.25, -0.2) is 0 Å². The molecule has 3 aromatic carbocycles. The lowest BCUT2D eigenvalue weighted by Crippen LogP contribution is -2.37. The van der Waals surface area contributed by atoms with Crippen LogP contribution in [0.5, 0.6) is 11.5 Å². The van der Waals surface area contributed by atoms with Crippen LogP contribution < -0.4 is 20.1 Å². The molecule has 1 atom stereocenters. The normalized spacial score (nSPS) is 13.0. The molecule has 1 aliphatic heterocycles. The van der Waals surface area contributed by atoms with Crippen molar-refractivity contribution < 1.29 is 9.47 Å². The number of aryl methyl sites for hydroxylation is 1. The van der Waals surface area contributed by atoms with Gasteiger partial charge < -0.3 is 20.1 Å². The zero-order valence-electron chi connectivity index (χ0n) is 15.6. The van der Waals surface area contributed by atoms with Gasteiger partial charge in [0.25, 0.3) is 0 Å². The fraction of sp³-hybridized carbons (Fsp3) is 0.174. The molecule has 1 heterocycles. The van der Waals surface area contributed by atoms with Crippen LogP contribution in [0, 0.1) is 6.92 Å². The Morgan fingerprint density at radius 3 is 2.43 bits per heavy atom. The van der Waals surface area contributed by atoms with Crippen molar-refractivity contribution in [2.45, 2.75) is 19.5 Å². The average Bonchev–Trinajstić information content (AvgIpc) is 3.20. The first kappa shape index (κ1) is 18.3. The molecule has 5 heteroatoms. The molecule has 0 bridgehead atoms. The molecule has 0 fully saturated rings. The van der Waals surface area contributed by atoms with Crippen LogP contribution in [0.4, 0.5) is 0 Å². The summed E-state index contributed by atoms with van der Waals surface area (Å²) in [5.74, 6) is 1.56. The highest BCUT2D eigenvalue weighted by Crippen LogP contribution is 2.32. The zero-order chi connectivity index (χ0) is 19.3. The van der Waals surface area contributed by atoms with E-state index in [1.165, 1.54) is 16.7 Å². The predicted molar refractivity (Wildman–Crippen MR) is 115 cm³/mol. The van der Waals surface area contributed by atoms with Crippen LogP contribution in [0.3, 0.4) is 0 Å². The molecule has 3 aromatic rings. The number of fused-ring (bicyclic) bond motifs is 1. The molecule has 28 heavy (non-hydrogen) atoms. The summed E-state index contributed by atoms with van der Waals surface area (Å²) in [6, 6.07) is 24.7. The van der Waals surface area contributed by atoms with Crippen LogP contribution >= 0.6 is 12.2 Å². The standard InChI is InChI=1S/C23H22N2O2S/c1-16-7-10-19(11-8-16)22(18-5-3-2-4-6-18)25-23(28)24-14-17-9-12-20-21(13-17)27-15-26-20/h2-13,22H,14-15H2,1H3,(H2,24,25,28)/t22-/m0/s1. The molecule has 2 N–H and O–H groups in total. The van der Waals surface area contributed by atoms with Gasteiger partial charge in [0.05, 0.1) is 6.04 Å². The highest BCUT2D eigenvalue weighted by Gasteiger charge is 2.16. The monoisotopic (exact) mass is 390 g/mol. The van der Waals surface area contributed by atoms with Gasteiger partial charge in [-0.2, -0.15) is 0 Å². The molecule has 1 aliphatic rings. The van der Waals surface area contributed by atoms with Crippen molar-refractivity contribution in [2.75, 3.05) is 6.79 Å². The average molecular weight is 391 g/mol. The molecule has 0 spiro atoms. The van der Waals surface area contributed by atoms with Crippen LogP contribution in [0.1, 0.15) is 28.3 Å². The van der Waals surface area contributed by atoms with Gasteiger partial charge in [0.15, 0.2) is 16.6 Å². The maximum absolute atomic E-state index is 5.58. The summed E-state index contributed by atoms with van der Waals surface area (Å²) >= 11 is 5.58. The van der Waals surface area contributed by atoms with Gasteiger partial charge in [-0.05, 0) is 48.0 Å². The van der Waals surface area contributed by atoms with Crippen molar-refractivity contribution in [2.24, 2.45) is 0 Å². The van der Waals surface area contributed by atoms with Crippen LogP contribution in [0.2, 0.25) is 0 Å². The minimum Gasteiger partial charge on any atom is -0.454 e. The maximum Gasteiger partial charge on any atom is 0.231 e. The molecule has 142 valence electrons. The Hall–Kier alpha value is -3.05. The van der Waals surface area contributed by atoms with E-state index in [-0.39, 0.29) is 12.8 Å². The topological polar surface area (TPSA) is 42.5 Å². The molecule has 0 saturated carbocycles. The van der Waals surface area contributed by atoms with E-state index in [1.807, 2.05) is 36.4 Å². The zero-order valence-corrected chi connectivity index (χ0v) is 16.5. The van der Waals surface area contributed by atoms with Gasteiger partial charge in [-0.3, -0.25) is 0 Å². The largest absolute Gasteiger partial charge is 0.454 e. The van der Waals surface area contributed by atoms with E-state index in [1.54, 1.807) is 0 Å². The van der Waals surface area contributed by atoms with Crippen molar-refractivity contribution in [1.29, 1.82) is 0 Å². The van der Waals surface area contributed by atoms with Crippen LogP contribution in [0.25, 0.3) is 0 Å².